The van der Waals surface area contributed by atoms with E-state index in [9.17, 15) is 9.59 Å². The minimum absolute atomic E-state index is 0.0594. The van der Waals surface area contributed by atoms with E-state index in [4.69, 9.17) is 11.6 Å². The third-order valence-electron chi connectivity index (χ3n) is 3.33. The first-order valence-corrected chi connectivity index (χ1v) is 8.86. The molecular formula is C16H13ClN2O2S2. The number of nitrogens with zero attached hydrogens (tertiary/aromatic N) is 1. The van der Waals surface area contributed by atoms with E-state index < -0.39 is 0 Å². The second kappa shape index (κ2) is 6.03. The molecule has 1 aromatic carbocycles. The Kier molecular flexibility index (Phi) is 4.23. The number of aryl methyl sites for hydroxylation is 2. The lowest BCUT2D eigenvalue weighted by Gasteiger charge is -1.99. The van der Waals surface area contributed by atoms with Gasteiger partial charge in [0.2, 0.25) is 0 Å². The Hall–Kier alpha value is -1.76. The van der Waals surface area contributed by atoms with E-state index >= 15 is 0 Å². The second-order valence-electron chi connectivity index (χ2n) is 5.19. The molecule has 23 heavy (non-hydrogen) atoms. The van der Waals surface area contributed by atoms with Crippen LogP contribution in [0.5, 0.6) is 0 Å². The standard InChI is InChI=1S/C16H13ClN2O2S2/c1-7-4-5-10-11(6-7)22-14(12(10)17)15(21)19-16-18-8(2)13(23-16)9(3)20/h4-6H,1-3H3,(H,18,19,21). The van der Waals surface area contributed by atoms with E-state index in [2.05, 4.69) is 10.3 Å². The number of Topliss-reactive ketones (excluding diaryl/α,β-unsaturated/α-hetero) is 1. The minimum atomic E-state index is -0.308. The fraction of sp³-hybridized carbons (Fsp3) is 0.188. The van der Waals surface area contributed by atoms with Gasteiger partial charge in [-0.25, -0.2) is 4.98 Å². The van der Waals surface area contributed by atoms with Crippen LogP contribution in [0.3, 0.4) is 0 Å². The lowest BCUT2D eigenvalue weighted by molar-refractivity contribution is 0.101. The van der Waals surface area contributed by atoms with Crippen LogP contribution < -0.4 is 5.32 Å². The zero-order valence-corrected chi connectivity index (χ0v) is 15.1. The Bertz CT molecular complexity index is 943. The molecule has 2 aromatic heterocycles. The molecule has 0 atom stereocenters. The Balaban J connectivity index is 1.93. The van der Waals surface area contributed by atoms with Crippen molar-refractivity contribution in [3.05, 3.63) is 44.2 Å². The maximum Gasteiger partial charge on any atom is 0.269 e. The summed E-state index contributed by atoms with van der Waals surface area (Å²) in [5.74, 6) is -0.367. The van der Waals surface area contributed by atoms with Gasteiger partial charge in [0.1, 0.15) is 4.88 Å². The number of anilines is 1. The van der Waals surface area contributed by atoms with Gasteiger partial charge in [-0.1, -0.05) is 35.1 Å². The summed E-state index contributed by atoms with van der Waals surface area (Å²) >= 11 is 8.86. The molecule has 0 saturated heterocycles. The van der Waals surface area contributed by atoms with Crippen molar-refractivity contribution < 1.29 is 9.59 Å². The topological polar surface area (TPSA) is 59.1 Å². The van der Waals surface area contributed by atoms with Gasteiger partial charge in [0, 0.05) is 17.0 Å². The molecule has 0 bridgehead atoms. The number of ketones is 1. The predicted molar refractivity (Wildman–Crippen MR) is 96.4 cm³/mol. The van der Waals surface area contributed by atoms with Crippen molar-refractivity contribution in [2.75, 3.05) is 5.32 Å². The van der Waals surface area contributed by atoms with E-state index in [1.54, 1.807) is 6.92 Å². The third-order valence-corrected chi connectivity index (χ3v) is 6.16. The first kappa shape index (κ1) is 16.1. The number of aromatic nitrogens is 1. The lowest BCUT2D eigenvalue weighted by Crippen LogP contribution is -2.10. The van der Waals surface area contributed by atoms with Gasteiger partial charge in [-0.05, 0) is 25.5 Å². The van der Waals surface area contributed by atoms with E-state index in [0.717, 1.165) is 15.6 Å². The minimum Gasteiger partial charge on any atom is -0.297 e. The molecule has 0 aliphatic heterocycles. The van der Waals surface area contributed by atoms with Crippen molar-refractivity contribution in [1.29, 1.82) is 0 Å². The number of hydrogen-bond acceptors (Lipinski definition) is 5. The highest BCUT2D eigenvalue weighted by Gasteiger charge is 2.19. The molecule has 0 saturated carbocycles. The molecule has 1 amide bonds. The number of hydrogen-bond donors (Lipinski definition) is 1. The summed E-state index contributed by atoms with van der Waals surface area (Å²) in [6, 6.07) is 5.89. The average Bonchev–Trinajstić information content (AvgIpc) is 2.99. The SMILES string of the molecule is CC(=O)c1sc(NC(=O)c2sc3cc(C)ccc3c2Cl)nc1C. The number of carbonyl (C=O) groups excluding carboxylic acids is 2. The molecule has 0 spiro atoms. The Morgan fingerprint density at radius 3 is 2.57 bits per heavy atom. The number of halogens is 1. The van der Waals surface area contributed by atoms with Gasteiger partial charge in [-0.2, -0.15) is 0 Å². The molecule has 0 unspecified atom stereocenters. The Morgan fingerprint density at radius 2 is 1.91 bits per heavy atom. The predicted octanol–water partition coefficient (Wildman–Crippen LogP) is 5.08. The van der Waals surface area contributed by atoms with Gasteiger partial charge >= 0.3 is 0 Å². The van der Waals surface area contributed by atoms with Gasteiger partial charge in [-0.15, -0.1) is 11.3 Å². The molecule has 3 rings (SSSR count). The second-order valence-corrected chi connectivity index (χ2v) is 7.62. The fourth-order valence-corrected chi connectivity index (χ4v) is 4.62. The average molecular weight is 365 g/mol. The maximum absolute atomic E-state index is 12.5. The van der Waals surface area contributed by atoms with Crippen molar-refractivity contribution >= 4 is 61.2 Å². The van der Waals surface area contributed by atoms with E-state index in [1.807, 2.05) is 25.1 Å². The third kappa shape index (κ3) is 3.02. The highest BCUT2D eigenvalue weighted by Crippen LogP contribution is 2.36. The maximum atomic E-state index is 12.5. The number of amides is 1. The first-order valence-electron chi connectivity index (χ1n) is 6.85. The van der Waals surface area contributed by atoms with Crippen molar-refractivity contribution in [1.82, 2.24) is 4.98 Å². The number of benzene rings is 1. The molecular weight excluding hydrogens is 352 g/mol. The van der Waals surface area contributed by atoms with Gasteiger partial charge < -0.3 is 0 Å². The molecule has 7 heteroatoms. The van der Waals surface area contributed by atoms with Crippen LogP contribution >= 0.6 is 34.3 Å². The number of thiophene rings is 1. The van der Waals surface area contributed by atoms with Crippen LogP contribution in [0, 0.1) is 13.8 Å². The summed E-state index contributed by atoms with van der Waals surface area (Å²) in [5, 5.41) is 4.45. The lowest BCUT2D eigenvalue weighted by atomic mass is 10.2. The first-order chi connectivity index (χ1) is 10.9. The van der Waals surface area contributed by atoms with Crippen molar-refractivity contribution in [3.63, 3.8) is 0 Å². The van der Waals surface area contributed by atoms with Crippen LogP contribution in [0.1, 0.15) is 37.5 Å². The Labute approximate surface area is 146 Å². The van der Waals surface area contributed by atoms with Gasteiger partial charge in [0.25, 0.3) is 5.91 Å². The van der Waals surface area contributed by atoms with Gasteiger partial charge in [0.15, 0.2) is 10.9 Å². The quantitative estimate of drug-likeness (QED) is 0.659. The van der Waals surface area contributed by atoms with Crippen LogP contribution in [0.4, 0.5) is 5.13 Å². The zero-order valence-electron chi connectivity index (χ0n) is 12.7. The highest BCUT2D eigenvalue weighted by atomic mass is 35.5. The molecule has 0 fully saturated rings. The normalized spacial score (nSPS) is 11.0. The largest absolute Gasteiger partial charge is 0.297 e. The van der Waals surface area contributed by atoms with Crippen LogP contribution in [-0.2, 0) is 0 Å². The molecule has 4 nitrogen and oxygen atoms in total. The smallest absolute Gasteiger partial charge is 0.269 e. The van der Waals surface area contributed by atoms with E-state index in [0.29, 0.717) is 25.6 Å². The number of carbonyl (C=O) groups is 2. The van der Waals surface area contributed by atoms with Crippen LogP contribution in [0.15, 0.2) is 18.2 Å². The number of rotatable bonds is 3. The summed E-state index contributed by atoms with van der Waals surface area (Å²) in [6.45, 7) is 5.23. The molecule has 0 aliphatic carbocycles. The van der Waals surface area contributed by atoms with Gasteiger partial charge in [-0.3, -0.25) is 14.9 Å². The molecule has 0 radical (unpaired) electrons. The van der Waals surface area contributed by atoms with Crippen molar-refractivity contribution in [2.45, 2.75) is 20.8 Å². The van der Waals surface area contributed by atoms with Crippen molar-refractivity contribution in [2.24, 2.45) is 0 Å². The summed E-state index contributed by atoms with van der Waals surface area (Å²) in [5.41, 5.74) is 1.74. The molecule has 1 N–H and O–H groups in total. The van der Waals surface area contributed by atoms with Crippen LogP contribution in [0.2, 0.25) is 5.02 Å². The summed E-state index contributed by atoms with van der Waals surface area (Å²) in [4.78, 5) is 29.2. The van der Waals surface area contributed by atoms with Crippen LogP contribution in [-0.4, -0.2) is 16.7 Å². The number of thiazole rings is 1. The molecule has 3 aromatic rings. The van der Waals surface area contributed by atoms with E-state index in [-0.39, 0.29) is 11.7 Å². The summed E-state index contributed by atoms with van der Waals surface area (Å²) in [6.07, 6.45) is 0. The number of nitrogens with one attached hydrogen (secondary N) is 1. The zero-order chi connectivity index (χ0) is 16.7. The number of fused-ring (bicyclic) bond motifs is 1. The molecule has 118 valence electrons. The molecule has 0 aliphatic rings. The van der Waals surface area contributed by atoms with Crippen molar-refractivity contribution in [3.8, 4) is 0 Å². The van der Waals surface area contributed by atoms with Crippen LogP contribution in [0.25, 0.3) is 10.1 Å². The monoisotopic (exact) mass is 364 g/mol. The summed E-state index contributed by atoms with van der Waals surface area (Å²) < 4.78 is 0.972. The fourth-order valence-electron chi connectivity index (χ4n) is 2.25. The molecule has 2 heterocycles. The van der Waals surface area contributed by atoms with E-state index in [1.165, 1.54) is 29.6 Å². The Morgan fingerprint density at radius 1 is 1.17 bits per heavy atom. The highest BCUT2D eigenvalue weighted by molar-refractivity contribution is 7.22. The summed E-state index contributed by atoms with van der Waals surface area (Å²) in [7, 11) is 0. The van der Waals surface area contributed by atoms with Gasteiger partial charge in [0.05, 0.1) is 15.6 Å².